The van der Waals surface area contributed by atoms with Gasteiger partial charge in [0.05, 0.1) is 19.9 Å². The van der Waals surface area contributed by atoms with E-state index in [2.05, 4.69) is 10.9 Å². The van der Waals surface area contributed by atoms with E-state index in [1.807, 2.05) is 0 Å². The molecule has 1 aliphatic heterocycles. The van der Waals surface area contributed by atoms with Crippen molar-refractivity contribution in [3.63, 3.8) is 0 Å². The SMILES string of the molecule is COC1=CNNC1. The van der Waals surface area contributed by atoms with E-state index in [0.29, 0.717) is 0 Å². The molecular formula is C4H8N2O. The van der Waals surface area contributed by atoms with Gasteiger partial charge in [0.25, 0.3) is 0 Å². The van der Waals surface area contributed by atoms with Crippen molar-refractivity contribution in [2.45, 2.75) is 0 Å². The van der Waals surface area contributed by atoms with Crippen LogP contribution in [0.5, 0.6) is 0 Å². The smallest absolute Gasteiger partial charge is 0.128 e. The van der Waals surface area contributed by atoms with E-state index in [1.54, 1.807) is 13.3 Å². The zero-order valence-corrected chi connectivity index (χ0v) is 4.19. The van der Waals surface area contributed by atoms with Crippen LogP contribution in [0.1, 0.15) is 0 Å². The summed E-state index contributed by atoms with van der Waals surface area (Å²) in [5.41, 5.74) is 5.64. The second kappa shape index (κ2) is 1.84. The standard InChI is InChI=1S/C4H8N2O/c1-7-4-2-5-6-3-4/h2,5-6H,3H2,1H3. The molecule has 0 saturated carbocycles. The van der Waals surface area contributed by atoms with Crippen LogP contribution in [-0.4, -0.2) is 13.7 Å². The maximum atomic E-state index is 4.85. The first kappa shape index (κ1) is 4.46. The molecule has 1 aliphatic rings. The third kappa shape index (κ3) is 0.838. The molecule has 0 aliphatic carbocycles. The van der Waals surface area contributed by atoms with Crippen molar-refractivity contribution in [2.75, 3.05) is 13.7 Å². The van der Waals surface area contributed by atoms with Crippen molar-refractivity contribution in [2.24, 2.45) is 0 Å². The molecule has 0 saturated heterocycles. The molecule has 0 amide bonds. The van der Waals surface area contributed by atoms with Crippen LogP contribution in [0.3, 0.4) is 0 Å². The minimum absolute atomic E-state index is 0.788. The van der Waals surface area contributed by atoms with Gasteiger partial charge in [0.1, 0.15) is 5.76 Å². The molecule has 1 heterocycles. The quantitative estimate of drug-likeness (QED) is 0.469. The number of nitrogens with one attached hydrogen (secondary N) is 2. The summed E-state index contributed by atoms with van der Waals surface area (Å²) in [7, 11) is 1.65. The number of hydrogen-bond donors (Lipinski definition) is 2. The molecule has 0 aromatic carbocycles. The van der Waals surface area contributed by atoms with E-state index >= 15 is 0 Å². The average molecular weight is 100 g/mol. The van der Waals surface area contributed by atoms with Crippen molar-refractivity contribution in [3.8, 4) is 0 Å². The lowest BCUT2D eigenvalue weighted by molar-refractivity contribution is 0.288. The van der Waals surface area contributed by atoms with Gasteiger partial charge in [-0.1, -0.05) is 0 Å². The highest BCUT2D eigenvalue weighted by Crippen LogP contribution is 1.92. The Hall–Kier alpha value is -0.700. The summed E-state index contributed by atoms with van der Waals surface area (Å²) in [5, 5.41) is 0. The van der Waals surface area contributed by atoms with E-state index in [9.17, 15) is 0 Å². The van der Waals surface area contributed by atoms with E-state index < -0.39 is 0 Å². The van der Waals surface area contributed by atoms with Gasteiger partial charge in [0, 0.05) is 0 Å². The van der Waals surface area contributed by atoms with Gasteiger partial charge in [-0.05, 0) is 0 Å². The molecule has 40 valence electrons. The third-order valence-corrected chi connectivity index (χ3v) is 0.860. The number of rotatable bonds is 1. The Bertz CT molecular complexity index is 89.7. The number of hydrogen-bond acceptors (Lipinski definition) is 3. The fraction of sp³-hybridized carbons (Fsp3) is 0.500. The van der Waals surface area contributed by atoms with Gasteiger partial charge in [0.2, 0.25) is 0 Å². The maximum Gasteiger partial charge on any atom is 0.128 e. The Balaban J connectivity index is 2.36. The summed E-state index contributed by atoms with van der Waals surface area (Å²) < 4.78 is 4.85. The van der Waals surface area contributed by atoms with Gasteiger partial charge >= 0.3 is 0 Å². The van der Waals surface area contributed by atoms with Gasteiger partial charge in [-0.3, -0.25) is 0 Å². The molecule has 3 nitrogen and oxygen atoms in total. The van der Waals surface area contributed by atoms with Crippen molar-refractivity contribution in [1.82, 2.24) is 10.9 Å². The van der Waals surface area contributed by atoms with Crippen LogP contribution in [-0.2, 0) is 4.74 Å². The van der Waals surface area contributed by atoms with Gasteiger partial charge in [-0.2, -0.15) is 0 Å². The first-order valence-corrected chi connectivity index (χ1v) is 2.15. The Morgan fingerprint density at radius 2 is 2.71 bits per heavy atom. The summed E-state index contributed by atoms with van der Waals surface area (Å²) in [6.07, 6.45) is 1.79. The first-order valence-electron chi connectivity index (χ1n) is 2.15. The highest BCUT2D eigenvalue weighted by Gasteiger charge is 1.98. The number of ether oxygens (including phenoxy) is 1. The van der Waals surface area contributed by atoms with Crippen LogP contribution >= 0.6 is 0 Å². The van der Waals surface area contributed by atoms with Gasteiger partial charge in [-0.25, -0.2) is 5.43 Å². The Labute approximate surface area is 42.3 Å². The molecule has 1 rings (SSSR count). The topological polar surface area (TPSA) is 33.3 Å². The molecule has 0 aromatic heterocycles. The van der Waals surface area contributed by atoms with Crippen LogP contribution in [0.4, 0.5) is 0 Å². The second-order valence-corrected chi connectivity index (χ2v) is 1.31. The molecule has 0 radical (unpaired) electrons. The second-order valence-electron chi connectivity index (χ2n) is 1.31. The van der Waals surface area contributed by atoms with Gasteiger partial charge < -0.3 is 10.2 Å². The van der Waals surface area contributed by atoms with Crippen molar-refractivity contribution in [3.05, 3.63) is 12.0 Å². The Morgan fingerprint density at radius 3 is 3.00 bits per heavy atom. The van der Waals surface area contributed by atoms with E-state index in [1.165, 1.54) is 0 Å². The summed E-state index contributed by atoms with van der Waals surface area (Å²) in [4.78, 5) is 0. The Kier molecular flexibility index (Phi) is 1.17. The summed E-state index contributed by atoms with van der Waals surface area (Å²) in [5.74, 6) is 0.944. The van der Waals surface area contributed by atoms with Crippen LogP contribution in [0.25, 0.3) is 0 Å². The fourth-order valence-corrected chi connectivity index (χ4v) is 0.452. The van der Waals surface area contributed by atoms with Gasteiger partial charge in [0.15, 0.2) is 0 Å². The maximum absolute atomic E-state index is 4.85. The van der Waals surface area contributed by atoms with Crippen LogP contribution in [0, 0.1) is 0 Å². The van der Waals surface area contributed by atoms with Crippen LogP contribution < -0.4 is 10.9 Å². The van der Waals surface area contributed by atoms with E-state index in [-0.39, 0.29) is 0 Å². The monoisotopic (exact) mass is 100 g/mol. The largest absolute Gasteiger partial charge is 0.498 e. The molecule has 0 bridgehead atoms. The molecule has 2 N–H and O–H groups in total. The minimum atomic E-state index is 0.788. The molecule has 7 heavy (non-hydrogen) atoms. The lowest BCUT2D eigenvalue weighted by Crippen LogP contribution is -2.20. The fourth-order valence-electron chi connectivity index (χ4n) is 0.452. The van der Waals surface area contributed by atoms with Crippen molar-refractivity contribution in [1.29, 1.82) is 0 Å². The average Bonchev–Trinajstić information content (AvgIpc) is 2.14. The molecule has 0 unspecified atom stereocenters. The molecule has 0 spiro atoms. The van der Waals surface area contributed by atoms with Crippen molar-refractivity contribution < 1.29 is 4.74 Å². The molecule has 3 heteroatoms. The molecule has 0 fully saturated rings. The predicted molar refractivity (Wildman–Crippen MR) is 26.2 cm³/mol. The minimum Gasteiger partial charge on any atom is -0.498 e. The Morgan fingerprint density at radius 1 is 1.86 bits per heavy atom. The summed E-state index contributed by atoms with van der Waals surface area (Å²) >= 11 is 0. The lowest BCUT2D eigenvalue weighted by Gasteiger charge is -1.92. The highest BCUT2D eigenvalue weighted by molar-refractivity contribution is 4.97. The molecule has 0 aromatic rings. The summed E-state index contributed by atoms with van der Waals surface area (Å²) in [6, 6.07) is 0. The normalized spacial score (nSPS) is 18.1. The first-order chi connectivity index (χ1) is 3.43. The van der Waals surface area contributed by atoms with Crippen molar-refractivity contribution >= 4 is 0 Å². The van der Waals surface area contributed by atoms with E-state index in [0.717, 1.165) is 12.3 Å². The lowest BCUT2D eigenvalue weighted by atomic mass is 10.6. The van der Waals surface area contributed by atoms with E-state index in [4.69, 9.17) is 4.74 Å². The van der Waals surface area contributed by atoms with Gasteiger partial charge in [-0.15, -0.1) is 0 Å². The molecule has 0 atom stereocenters. The number of methoxy groups -OCH3 is 1. The summed E-state index contributed by atoms with van der Waals surface area (Å²) in [6.45, 7) is 0.788. The van der Waals surface area contributed by atoms with Crippen LogP contribution in [0.15, 0.2) is 12.0 Å². The zero-order valence-electron chi connectivity index (χ0n) is 4.19. The third-order valence-electron chi connectivity index (χ3n) is 0.860. The molecular weight excluding hydrogens is 92.1 g/mol. The zero-order chi connectivity index (χ0) is 5.11. The van der Waals surface area contributed by atoms with Crippen LogP contribution in [0.2, 0.25) is 0 Å². The number of hydrazine groups is 1. The predicted octanol–water partition coefficient (Wildman–Crippen LogP) is -0.418. The highest BCUT2D eigenvalue weighted by atomic mass is 16.5.